The van der Waals surface area contributed by atoms with Crippen molar-refractivity contribution in [3.05, 3.63) is 0 Å². The molecule has 0 bridgehead atoms. The first-order valence-electron chi connectivity index (χ1n) is 6.97. The average molecular weight is 255 g/mol. The summed E-state index contributed by atoms with van der Waals surface area (Å²) in [5, 5.41) is 11.7. The fourth-order valence-corrected chi connectivity index (χ4v) is 2.46. The van der Waals surface area contributed by atoms with E-state index in [1.165, 1.54) is 19.3 Å². The Bertz CT molecular complexity index is 292. The minimum absolute atomic E-state index is 0.139. The largest absolute Gasteiger partial charge is 0.409 e. The lowest BCUT2D eigenvalue weighted by Crippen LogP contribution is -2.43. The van der Waals surface area contributed by atoms with Crippen LogP contribution in [0.25, 0.3) is 0 Å². The Balaban J connectivity index is 2.32. The molecule has 1 aliphatic heterocycles. The lowest BCUT2D eigenvalue weighted by Gasteiger charge is -2.23. The Morgan fingerprint density at radius 3 is 2.78 bits per heavy atom. The highest BCUT2D eigenvalue weighted by atomic mass is 16.4. The van der Waals surface area contributed by atoms with E-state index in [1.54, 1.807) is 4.90 Å². The summed E-state index contributed by atoms with van der Waals surface area (Å²) in [5.41, 5.74) is 5.61. The van der Waals surface area contributed by atoms with E-state index in [9.17, 15) is 4.79 Å². The van der Waals surface area contributed by atoms with Gasteiger partial charge in [0, 0.05) is 13.0 Å². The fraction of sp³-hybridized carbons (Fsp3) is 0.846. The van der Waals surface area contributed by atoms with Gasteiger partial charge in [-0.2, -0.15) is 0 Å². The Kier molecular flexibility index (Phi) is 6.54. The van der Waals surface area contributed by atoms with Gasteiger partial charge in [-0.05, 0) is 19.3 Å². The maximum Gasteiger partial charge on any atom is 0.223 e. The van der Waals surface area contributed by atoms with Crippen LogP contribution in [0.4, 0.5) is 0 Å². The van der Waals surface area contributed by atoms with Gasteiger partial charge in [-0.1, -0.05) is 37.8 Å². The predicted molar refractivity (Wildman–Crippen MR) is 71.5 cm³/mol. The van der Waals surface area contributed by atoms with E-state index >= 15 is 0 Å². The number of carbonyl (C=O) groups excluding carboxylic acids is 1. The number of unbranched alkanes of at least 4 members (excludes halogenated alkanes) is 4. The highest BCUT2D eigenvalue weighted by molar-refractivity contribution is 5.90. The van der Waals surface area contributed by atoms with E-state index in [2.05, 4.69) is 12.1 Å². The van der Waals surface area contributed by atoms with Gasteiger partial charge >= 0.3 is 0 Å². The van der Waals surface area contributed by atoms with Gasteiger partial charge in [0.25, 0.3) is 0 Å². The van der Waals surface area contributed by atoms with Gasteiger partial charge in [0.15, 0.2) is 5.84 Å². The second kappa shape index (κ2) is 7.95. The predicted octanol–water partition coefficient (Wildman–Crippen LogP) is 2.08. The molecule has 1 amide bonds. The molecule has 1 atom stereocenters. The first-order chi connectivity index (χ1) is 8.70. The van der Waals surface area contributed by atoms with Crippen LogP contribution < -0.4 is 5.73 Å². The Morgan fingerprint density at radius 2 is 2.11 bits per heavy atom. The second-order valence-electron chi connectivity index (χ2n) is 4.93. The highest BCUT2D eigenvalue weighted by Crippen LogP contribution is 2.19. The van der Waals surface area contributed by atoms with Crippen molar-refractivity contribution >= 4 is 11.7 Å². The third kappa shape index (κ3) is 4.20. The summed E-state index contributed by atoms with van der Waals surface area (Å²) in [7, 11) is 0. The Morgan fingerprint density at radius 1 is 1.39 bits per heavy atom. The number of hydrogen-bond donors (Lipinski definition) is 2. The molecular formula is C13H25N3O2. The smallest absolute Gasteiger partial charge is 0.223 e. The Hall–Kier alpha value is -1.26. The average Bonchev–Trinajstić information content (AvgIpc) is 2.86. The van der Waals surface area contributed by atoms with Crippen LogP contribution in [0.15, 0.2) is 5.16 Å². The number of rotatable bonds is 7. The minimum atomic E-state index is -0.196. The molecule has 1 fully saturated rings. The second-order valence-corrected chi connectivity index (χ2v) is 4.93. The summed E-state index contributed by atoms with van der Waals surface area (Å²) in [6.07, 6.45) is 8.03. The third-order valence-corrected chi connectivity index (χ3v) is 3.52. The van der Waals surface area contributed by atoms with Gasteiger partial charge in [0.05, 0.1) is 6.04 Å². The highest BCUT2D eigenvalue weighted by Gasteiger charge is 2.31. The third-order valence-electron chi connectivity index (χ3n) is 3.52. The first kappa shape index (κ1) is 14.8. The fourth-order valence-electron chi connectivity index (χ4n) is 2.46. The lowest BCUT2D eigenvalue weighted by molar-refractivity contribution is -0.131. The van der Waals surface area contributed by atoms with E-state index in [0.717, 1.165) is 32.2 Å². The van der Waals surface area contributed by atoms with Crippen molar-refractivity contribution in [1.29, 1.82) is 0 Å². The van der Waals surface area contributed by atoms with Gasteiger partial charge < -0.3 is 15.8 Å². The molecule has 1 heterocycles. The van der Waals surface area contributed by atoms with Gasteiger partial charge in [-0.15, -0.1) is 0 Å². The Labute approximate surface area is 109 Å². The van der Waals surface area contributed by atoms with Crippen LogP contribution >= 0.6 is 0 Å². The normalized spacial score (nSPS) is 20.4. The van der Waals surface area contributed by atoms with Crippen LogP contribution in [-0.2, 0) is 4.79 Å². The van der Waals surface area contributed by atoms with Gasteiger partial charge in [0.1, 0.15) is 0 Å². The molecule has 0 saturated carbocycles. The molecule has 0 spiro atoms. The van der Waals surface area contributed by atoms with Crippen LogP contribution in [-0.4, -0.2) is 34.4 Å². The van der Waals surface area contributed by atoms with Crippen molar-refractivity contribution < 1.29 is 10.0 Å². The van der Waals surface area contributed by atoms with Crippen LogP contribution in [0.2, 0.25) is 0 Å². The van der Waals surface area contributed by atoms with Gasteiger partial charge in [-0.3, -0.25) is 4.79 Å². The number of nitrogens with two attached hydrogens (primary N) is 1. The lowest BCUT2D eigenvalue weighted by atomic mass is 10.1. The SMILES string of the molecule is CCCCCCCC(=O)N1CCCC1C(N)=NO. The monoisotopic (exact) mass is 255 g/mol. The zero-order valence-electron chi connectivity index (χ0n) is 11.3. The molecule has 0 aromatic carbocycles. The topological polar surface area (TPSA) is 78.9 Å². The summed E-state index contributed by atoms with van der Waals surface area (Å²) in [5.74, 6) is 0.299. The molecule has 1 rings (SSSR count). The quantitative estimate of drug-likeness (QED) is 0.240. The standard InChI is InChI=1S/C13H25N3O2/c1-2-3-4-5-6-9-12(17)16-10-7-8-11(16)13(14)15-18/h11,18H,2-10H2,1H3,(H2,14,15). The van der Waals surface area contributed by atoms with E-state index in [0.29, 0.717) is 6.42 Å². The van der Waals surface area contributed by atoms with E-state index < -0.39 is 0 Å². The van der Waals surface area contributed by atoms with Crippen molar-refractivity contribution in [2.24, 2.45) is 10.9 Å². The number of likely N-dealkylation sites (tertiary alicyclic amines) is 1. The minimum Gasteiger partial charge on any atom is -0.409 e. The molecule has 0 aliphatic carbocycles. The number of amidine groups is 1. The molecule has 1 saturated heterocycles. The molecule has 1 aliphatic rings. The molecule has 0 aromatic rings. The van der Waals surface area contributed by atoms with Crippen molar-refractivity contribution in [1.82, 2.24) is 4.90 Å². The molecule has 5 nitrogen and oxygen atoms in total. The molecule has 0 radical (unpaired) electrons. The van der Waals surface area contributed by atoms with Gasteiger partial charge in [-0.25, -0.2) is 0 Å². The van der Waals surface area contributed by atoms with Gasteiger partial charge in [0.2, 0.25) is 5.91 Å². The molecule has 3 N–H and O–H groups in total. The maximum absolute atomic E-state index is 12.0. The summed E-state index contributed by atoms with van der Waals surface area (Å²) >= 11 is 0. The molecule has 1 unspecified atom stereocenters. The molecule has 0 aromatic heterocycles. The van der Waals surface area contributed by atoms with E-state index in [-0.39, 0.29) is 17.8 Å². The summed E-state index contributed by atoms with van der Waals surface area (Å²) in [6.45, 7) is 2.91. The number of carbonyl (C=O) groups is 1. The molecule has 5 heteroatoms. The van der Waals surface area contributed by atoms with Crippen molar-refractivity contribution in [3.63, 3.8) is 0 Å². The maximum atomic E-state index is 12.0. The number of amides is 1. The summed E-state index contributed by atoms with van der Waals surface area (Å²) in [6, 6.07) is -0.196. The van der Waals surface area contributed by atoms with E-state index in [4.69, 9.17) is 10.9 Å². The zero-order valence-corrected chi connectivity index (χ0v) is 11.3. The summed E-state index contributed by atoms with van der Waals surface area (Å²) in [4.78, 5) is 13.8. The van der Waals surface area contributed by atoms with Crippen LogP contribution in [0.3, 0.4) is 0 Å². The molecule has 18 heavy (non-hydrogen) atoms. The van der Waals surface area contributed by atoms with Crippen molar-refractivity contribution in [3.8, 4) is 0 Å². The van der Waals surface area contributed by atoms with Crippen LogP contribution in [0.1, 0.15) is 58.3 Å². The number of hydrogen-bond acceptors (Lipinski definition) is 3. The molecule has 104 valence electrons. The van der Waals surface area contributed by atoms with Crippen LogP contribution in [0.5, 0.6) is 0 Å². The van der Waals surface area contributed by atoms with E-state index in [1.807, 2.05) is 0 Å². The first-order valence-corrected chi connectivity index (χ1v) is 6.97. The van der Waals surface area contributed by atoms with Crippen molar-refractivity contribution in [2.45, 2.75) is 64.3 Å². The number of nitrogens with zero attached hydrogens (tertiary/aromatic N) is 2. The molecular weight excluding hydrogens is 230 g/mol. The van der Waals surface area contributed by atoms with Crippen molar-refractivity contribution in [2.75, 3.05) is 6.54 Å². The number of oxime groups is 1. The zero-order chi connectivity index (χ0) is 13.4. The summed E-state index contributed by atoms with van der Waals surface area (Å²) < 4.78 is 0. The van der Waals surface area contributed by atoms with Crippen LogP contribution in [0, 0.1) is 0 Å².